The number of carbonyl (C=O) groups is 2. The first-order valence-electron chi connectivity index (χ1n) is 8.07. The first-order chi connectivity index (χ1) is 10.7. The third-order valence-corrected chi connectivity index (χ3v) is 4.49. The van der Waals surface area contributed by atoms with E-state index in [9.17, 15) is 9.59 Å². The van der Waals surface area contributed by atoms with Gasteiger partial charge in [0.05, 0.1) is 6.26 Å². The van der Waals surface area contributed by atoms with Gasteiger partial charge in [0.2, 0.25) is 5.91 Å². The molecule has 3 rings (SSSR count). The summed E-state index contributed by atoms with van der Waals surface area (Å²) in [4.78, 5) is 30.2. The Hall–Kier alpha value is -1.82. The van der Waals surface area contributed by atoms with Crippen LogP contribution in [0.3, 0.4) is 0 Å². The Morgan fingerprint density at radius 1 is 1.00 bits per heavy atom. The molecule has 22 heavy (non-hydrogen) atoms. The molecular weight excluding hydrogens is 282 g/mol. The Balaban J connectivity index is 1.40. The number of nitrogens with zero attached hydrogens (tertiary/aromatic N) is 3. The molecule has 3 heterocycles. The predicted octanol–water partition coefficient (Wildman–Crippen LogP) is 1.05. The van der Waals surface area contributed by atoms with Crippen LogP contribution in [0.5, 0.6) is 0 Å². The molecule has 0 spiro atoms. The highest BCUT2D eigenvalue weighted by molar-refractivity contribution is 5.91. The van der Waals surface area contributed by atoms with Crippen LogP contribution in [0, 0.1) is 0 Å². The zero-order chi connectivity index (χ0) is 15.4. The van der Waals surface area contributed by atoms with Crippen LogP contribution in [0.1, 0.15) is 29.8 Å². The molecule has 2 amide bonds. The normalized spacial score (nSPS) is 19.6. The molecule has 1 aromatic heterocycles. The standard InChI is InChI=1S/C16H23N3O3/c20-15(18-6-1-2-7-18)5-8-17-9-11-19(12-10-17)16(21)14-4-3-13-22-14/h3-4,13H,1-2,5-12H2. The molecule has 0 bridgehead atoms. The Morgan fingerprint density at radius 2 is 1.73 bits per heavy atom. The lowest BCUT2D eigenvalue weighted by Gasteiger charge is -2.34. The summed E-state index contributed by atoms with van der Waals surface area (Å²) in [7, 11) is 0. The molecule has 120 valence electrons. The van der Waals surface area contributed by atoms with Crippen LogP contribution >= 0.6 is 0 Å². The van der Waals surface area contributed by atoms with Crippen molar-refractivity contribution >= 4 is 11.8 Å². The molecule has 0 radical (unpaired) electrons. The third-order valence-electron chi connectivity index (χ3n) is 4.49. The average Bonchev–Trinajstić information content (AvgIpc) is 3.25. The maximum absolute atomic E-state index is 12.2. The van der Waals surface area contributed by atoms with E-state index in [1.54, 1.807) is 12.1 Å². The molecular formula is C16H23N3O3. The lowest BCUT2D eigenvalue weighted by Crippen LogP contribution is -2.49. The Morgan fingerprint density at radius 3 is 2.36 bits per heavy atom. The maximum Gasteiger partial charge on any atom is 0.289 e. The number of hydrogen-bond acceptors (Lipinski definition) is 4. The summed E-state index contributed by atoms with van der Waals surface area (Å²) in [6.45, 7) is 5.65. The molecule has 0 saturated carbocycles. The van der Waals surface area contributed by atoms with Crippen LogP contribution in [0.4, 0.5) is 0 Å². The quantitative estimate of drug-likeness (QED) is 0.834. The van der Waals surface area contributed by atoms with Gasteiger partial charge in [-0.15, -0.1) is 0 Å². The van der Waals surface area contributed by atoms with Gasteiger partial charge in [0, 0.05) is 52.2 Å². The van der Waals surface area contributed by atoms with E-state index in [0.29, 0.717) is 25.3 Å². The van der Waals surface area contributed by atoms with E-state index in [1.165, 1.54) is 6.26 Å². The monoisotopic (exact) mass is 305 g/mol. The fourth-order valence-electron chi connectivity index (χ4n) is 3.11. The van der Waals surface area contributed by atoms with Crippen molar-refractivity contribution < 1.29 is 14.0 Å². The van der Waals surface area contributed by atoms with Crippen molar-refractivity contribution in [3.8, 4) is 0 Å². The number of amides is 2. The number of furan rings is 1. The van der Waals surface area contributed by atoms with Gasteiger partial charge >= 0.3 is 0 Å². The second kappa shape index (κ2) is 6.96. The minimum atomic E-state index is -0.0437. The van der Waals surface area contributed by atoms with Crippen molar-refractivity contribution in [3.63, 3.8) is 0 Å². The lowest BCUT2D eigenvalue weighted by atomic mass is 10.2. The minimum Gasteiger partial charge on any atom is -0.459 e. The molecule has 0 aliphatic carbocycles. The molecule has 0 unspecified atom stereocenters. The molecule has 2 fully saturated rings. The summed E-state index contributed by atoms with van der Waals surface area (Å²) in [6.07, 6.45) is 4.39. The summed E-state index contributed by atoms with van der Waals surface area (Å²) in [6, 6.07) is 3.43. The Kier molecular flexibility index (Phi) is 4.77. The van der Waals surface area contributed by atoms with Gasteiger partial charge < -0.3 is 14.2 Å². The fraction of sp³-hybridized carbons (Fsp3) is 0.625. The van der Waals surface area contributed by atoms with E-state index in [1.807, 2.05) is 9.80 Å². The van der Waals surface area contributed by atoms with Crippen molar-refractivity contribution in [1.82, 2.24) is 14.7 Å². The van der Waals surface area contributed by atoms with Gasteiger partial charge in [-0.3, -0.25) is 14.5 Å². The zero-order valence-corrected chi connectivity index (χ0v) is 12.9. The molecule has 6 heteroatoms. The van der Waals surface area contributed by atoms with E-state index in [-0.39, 0.29) is 11.8 Å². The second-order valence-electron chi connectivity index (χ2n) is 5.95. The molecule has 2 aliphatic rings. The van der Waals surface area contributed by atoms with Crippen molar-refractivity contribution in [2.75, 3.05) is 45.8 Å². The molecule has 2 saturated heterocycles. The van der Waals surface area contributed by atoms with Gasteiger partial charge in [0.1, 0.15) is 0 Å². The summed E-state index contributed by atoms with van der Waals surface area (Å²) in [5, 5.41) is 0. The largest absolute Gasteiger partial charge is 0.459 e. The Bertz CT molecular complexity index is 501. The third kappa shape index (κ3) is 3.50. The van der Waals surface area contributed by atoms with Crippen LogP contribution < -0.4 is 0 Å². The Labute approximate surface area is 130 Å². The van der Waals surface area contributed by atoms with E-state index in [0.717, 1.165) is 45.6 Å². The smallest absolute Gasteiger partial charge is 0.289 e. The second-order valence-corrected chi connectivity index (χ2v) is 5.95. The summed E-state index contributed by atoms with van der Waals surface area (Å²) in [5.41, 5.74) is 0. The first kappa shape index (κ1) is 15.1. The topological polar surface area (TPSA) is 57.0 Å². The number of piperazine rings is 1. The number of likely N-dealkylation sites (tertiary alicyclic amines) is 1. The molecule has 1 aromatic rings. The van der Waals surface area contributed by atoms with Crippen molar-refractivity contribution in [2.45, 2.75) is 19.3 Å². The first-order valence-corrected chi connectivity index (χ1v) is 8.07. The number of hydrogen-bond donors (Lipinski definition) is 0. The van der Waals surface area contributed by atoms with Gasteiger partial charge in [0.15, 0.2) is 5.76 Å². The summed E-state index contributed by atoms with van der Waals surface area (Å²) in [5.74, 6) is 0.627. The maximum atomic E-state index is 12.2. The molecule has 2 aliphatic heterocycles. The number of rotatable bonds is 4. The van der Waals surface area contributed by atoms with Gasteiger partial charge in [-0.05, 0) is 25.0 Å². The van der Waals surface area contributed by atoms with Gasteiger partial charge in [-0.25, -0.2) is 0 Å². The molecule has 0 aromatic carbocycles. The average molecular weight is 305 g/mol. The van der Waals surface area contributed by atoms with Crippen molar-refractivity contribution in [1.29, 1.82) is 0 Å². The molecule has 0 N–H and O–H groups in total. The molecule has 0 atom stereocenters. The lowest BCUT2D eigenvalue weighted by molar-refractivity contribution is -0.130. The molecule has 6 nitrogen and oxygen atoms in total. The van der Waals surface area contributed by atoms with Crippen LogP contribution in [0.2, 0.25) is 0 Å². The van der Waals surface area contributed by atoms with Gasteiger partial charge in [-0.2, -0.15) is 0 Å². The van der Waals surface area contributed by atoms with Crippen LogP contribution in [-0.4, -0.2) is 72.3 Å². The highest BCUT2D eigenvalue weighted by Crippen LogP contribution is 2.12. The van der Waals surface area contributed by atoms with Crippen molar-refractivity contribution in [3.05, 3.63) is 24.2 Å². The van der Waals surface area contributed by atoms with Gasteiger partial charge in [-0.1, -0.05) is 0 Å². The van der Waals surface area contributed by atoms with E-state index in [4.69, 9.17) is 4.42 Å². The van der Waals surface area contributed by atoms with Crippen LogP contribution in [-0.2, 0) is 4.79 Å². The summed E-state index contributed by atoms with van der Waals surface area (Å²) < 4.78 is 5.16. The number of carbonyl (C=O) groups excluding carboxylic acids is 2. The fourth-order valence-corrected chi connectivity index (χ4v) is 3.11. The summed E-state index contributed by atoms with van der Waals surface area (Å²) >= 11 is 0. The SMILES string of the molecule is O=C(CCN1CCN(C(=O)c2ccco2)CC1)N1CCCC1. The highest BCUT2D eigenvalue weighted by atomic mass is 16.3. The minimum absolute atomic E-state index is 0.0437. The van der Waals surface area contributed by atoms with E-state index in [2.05, 4.69) is 4.90 Å². The van der Waals surface area contributed by atoms with Crippen molar-refractivity contribution in [2.24, 2.45) is 0 Å². The van der Waals surface area contributed by atoms with E-state index < -0.39 is 0 Å². The van der Waals surface area contributed by atoms with Crippen LogP contribution in [0.15, 0.2) is 22.8 Å². The highest BCUT2D eigenvalue weighted by Gasteiger charge is 2.24. The zero-order valence-electron chi connectivity index (χ0n) is 12.9. The van der Waals surface area contributed by atoms with E-state index >= 15 is 0 Å². The predicted molar refractivity (Wildman–Crippen MR) is 81.5 cm³/mol. The van der Waals surface area contributed by atoms with Gasteiger partial charge in [0.25, 0.3) is 5.91 Å². The van der Waals surface area contributed by atoms with Crippen LogP contribution in [0.25, 0.3) is 0 Å².